The van der Waals surface area contributed by atoms with Crippen LogP contribution in [0, 0.1) is 6.92 Å². The Bertz CT molecular complexity index is 591. The Morgan fingerprint density at radius 3 is 2.47 bits per heavy atom. The lowest BCUT2D eigenvalue weighted by Gasteiger charge is -2.20. The van der Waals surface area contributed by atoms with Crippen molar-refractivity contribution in [1.29, 1.82) is 0 Å². The Kier molecular flexibility index (Phi) is 3.40. The number of aryl methyl sites for hydroxylation is 1. The van der Waals surface area contributed by atoms with Gasteiger partial charge in [-0.15, -0.1) is 0 Å². The summed E-state index contributed by atoms with van der Waals surface area (Å²) in [6.07, 6.45) is 0.980. The van der Waals surface area contributed by atoms with Gasteiger partial charge in [-0.1, -0.05) is 25.1 Å². The number of hydrogen-bond donors (Lipinski definition) is 1. The Balaban J connectivity index is 2.57. The lowest BCUT2D eigenvalue weighted by molar-refractivity contribution is 0.345. The summed E-state index contributed by atoms with van der Waals surface area (Å²) in [5.74, 6) is 0.281. The fraction of sp³-hybridized carbons (Fsp3) is 0.438. The van der Waals surface area contributed by atoms with E-state index in [-0.39, 0.29) is 11.3 Å². The van der Waals surface area contributed by atoms with Crippen molar-refractivity contribution in [3.05, 3.63) is 35.5 Å². The molecule has 0 atom stereocenters. The van der Waals surface area contributed by atoms with Gasteiger partial charge in [-0.3, -0.25) is 4.68 Å². The minimum absolute atomic E-state index is 0.137. The summed E-state index contributed by atoms with van der Waals surface area (Å²) in [5, 5.41) is 14.9. The van der Waals surface area contributed by atoms with Crippen molar-refractivity contribution >= 4 is 0 Å². The summed E-state index contributed by atoms with van der Waals surface area (Å²) in [7, 11) is 0. The SMILES string of the molecule is CCc1cccc(-c2nn(C(C)(C)C)c(C)c2O)c1. The largest absolute Gasteiger partial charge is 0.504 e. The van der Waals surface area contributed by atoms with Crippen LogP contribution in [-0.2, 0) is 12.0 Å². The Morgan fingerprint density at radius 2 is 1.95 bits per heavy atom. The summed E-state index contributed by atoms with van der Waals surface area (Å²) < 4.78 is 1.89. The van der Waals surface area contributed by atoms with E-state index >= 15 is 0 Å². The Morgan fingerprint density at radius 1 is 1.26 bits per heavy atom. The topological polar surface area (TPSA) is 38.0 Å². The molecule has 3 heteroatoms. The van der Waals surface area contributed by atoms with Gasteiger partial charge in [0.1, 0.15) is 5.69 Å². The summed E-state index contributed by atoms with van der Waals surface area (Å²) >= 11 is 0. The maximum Gasteiger partial charge on any atom is 0.164 e. The molecule has 1 aromatic heterocycles. The third kappa shape index (κ3) is 2.50. The van der Waals surface area contributed by atoms with Gasteiger partial charge in [-0.25, -0.2) is 0 Å². The highest BCUT2D eigenvalue weighted by molar-refractivity contribution is 5.67. The van der Waals surface area contributed by atoms with Crippen molar-refractivity contribution in [3.8, 4) is 17.0 Å². The highest BCUT2D eigenvalue weighted by atomic mass is 16.3. The van der Waals surface area contributed by atoms with Crippen LogP contribution in [0.3, 0.4) is 0 Å². The van der Waals surface area contributed by atoms with Crippen LogP contribution in [0.15, 0.2) is 24.3 Å². The van der Waals surface area contributed by atoms with E-state index in [9.17, 15) is 5.11 Å². The van der Waals surface area contributed by atoms with Crippen molar-refractivity contribution < 1.29 is 5.11 Å². The lowest BCUT2D eigenvalue weighted by Crippen LogP contribution is -2.24. The molecule has 0 aliphatic rings. The smallest absolute Gasteiger partial charge is 0.164 e. The van der Waals surface area contributed by atoms with E-state index in [0.29, 0.717) is 5.69 Å². The van der Waals surface area contributed by atoms with Crippen LogP contribution in [0.2, 0.25) is 0 Å². The van der Waals surface area contributed by atoms with E-state index < -0.39 is 0 Å². The van der Waals surface area contributed by atoms with Crippen LogP contribution in [0.25, 0.3) is 11.3 Å². The summed E-state index contributed by atoms with van der Waals surface area (Å²) in [6.45, 7) is 10.3. The van der Waals surface area contributed by atoms with Gasteiger partial charge in [0.2, 0.25) is 0 Å². The maximum atomic E-state index is 10.3. The number of nitrogens with zero attached hydrogens (tertiary/aromatic N) is 2. The number of benzene rings is 1. The van der Waals surface area contributed by atoms with Gasteiger partial charge < -0.3 is 5.11 Å². The molecule has 0 bridgehead atoms. The molecule has 102 valence electrons. The average Bonchev–Trinajstić information content (AvgIpc) is 2.66. The molecule has 0 saturated carbocycles. The van der Waals surface area contributed by atoms with Crippen LogP contribution in [-0.4, -0.2) is 14.9 Å². The number of rotatable bonds is 2. The number of hydrogen-bond acceptors (Lipinski definition) is 2. The highest BCUT2D eigenvalue weighted by Gasteiger charge is 2.22. The first kappa shape index (κ1) is 13.7. The summed E-state index contributed by atoms with van der Waals surface area (Å²) in [6, 6.07) is 8.19. The average molecular weight is 258 g/mol. The van der Waals surface area contributed by atoms with Gasteiger partial charge in [-0.05, 0) is 45.7 Å². The van der Waals surface area contributed by atoms with Crippen molar-refractivity contribution in [3.63, 3.8) is 0 Å². The zero-order valence-corrected chi connectivity index (χ0v) is 12.4. The van der Waals surface area contributed by atoms with Crippen molar-refractivity contribution in [2.75, 3.05) is 0 Å². The molecule has 1 N–H and O–H groups in total. The molecule has 0 aliphatic carbocycles. The molecule has 2 aromatic rings. The first-order valence-electron chi connectivity index (χ1n) is 6.73. The van der Waals surface area contributed by atoms with E-state index in [4.69, 9.17) is 0 Å². The fourth-order valence-electron chi connectivity index (χ4n) is 2.28. The zero-order valence-electron chi connectivity index (χ0n) is 12.4. The molecule has 0 unspecified atom stereocenters. The van der Waals surface area contributed by atoms with Crippen LogP contribution >= 0.6 is 0 Å². The molecular formula is C16H22N2O. The predicted molar refractivity (Wildman–Crippen MR) is 78.4 cm³/mol. The second-order valence-corrected chi connectivity index (χ2v) is 5.92. The van der Waals surface area contributed by atoms with Crippen molar-refractivity contribution in [1.82, 2.24) is 9.78 Å². The minimum atomic E-state index is -0.137. The molecule has 0 aliphatic heterocycles. The molecule has 1 heterocycles. The van der Waals surface area contributed by atoms with E-state index in [0.717, 1.165) is 17.7 Å². The molecule has 0 spiro atoms. The van der Waals surface area contributed by atoms with Crippen LogP contribution < -0.4 is 0 Å². The normalized spacial score (nSPS) is 11.8. The van der Waals surface area contributed by atoms with Crippen LogP contribution in [0.4, 0.5) is 0 Å². The van der Waals surface area contributed by atoms with Crippen molar-refractivity contribution in [2.45, 2.75) is 46.6 Å². The molecule has 0 fully saturated rings. The first-order chi connectivity index (χ1) is 8.84. The van der Waals surface area contributed by atoms with Gasteiger partial charge in [0, 0.05) is 5.56 Å². The van der Waals surface area contributed by atoms with Gasteiger partial charge in [-0.2, -0.15) is 5.10 Å². The van der Waals surface area contributed by atoms with Gasteiger partial charge in [0.15, 0.2) is 5.75 Å². The molecule has 2 rings (SSSR count). The van der Waals surface area contributed by atoms with Gasteiger partial charge >= 0.3 is 0 Å². The fourth-order valence-corrected chi connectivity index (χ4v) is 2.28. The number of aromatic hydroxyl groups is 1. The number of aromatic nitrogens is 2. The molecule has 1 aromatic carbocycles. The molecular weight excluding hydrogens is 236 g/mol. The standard InChI is InChI=1S/C16H22N2O/c1-6-12-8-7-9-13(10-12)14-15(19)11(2)18(17-14)16(3,4)5/h7-10,19H,6H2,1-5H3. The zero-order chi connectivity index (χ0) is 14.2. The third-order valence-corrected chi connectivity index (χ3v) is 3.33. The monoisotopic (exact) mass is 258 g/mol. The highest BCUT2D eigenvalue weighted by Crippen LogP contribution is 2.34. The lowest BCUT2D eigenvalue weighted by atomic mass is 10.1. The molecule has 3 nitrogen and oxygen atoms in total. The quantitative estimate of drug-likeness (QED) is 0.887. The maximum absolute atomic E-state index is 10.3. The first-order valence-corrected chi connectivity index (χ1v) is 6.73. The predicted octanol–water partition coefficient (Wildman–Crippen LogP) is 3.88. The van der Waals surface area contributed by atoms with Crippen LogP contribution in [0.1, 0.15) is 39.0 Å². The van der Waals surface area contributed by atoms with Crippen LogP contribution in [0.5, 0.6) is 5.75 Å². The molecule has 0 amide bonds. The Hall–Kier alpha value is -1.77. The third-order valence-electron chi connectivity index (χ3n) is 3.33. The minimum Gasteiger partial charge on any atom is -0.504 e. The second-order valence-electron chi connectivity index (χ2n) is 5.92. The Labute approximate surface area is 114 Å². The molecule has 19 heavy (non-hydrogen) atoms. The van der Waals surface area contributed by atoms with Gasteiger partial charge in [0.25, 0.3) is 0 Å². The summed E-state index contributed by atoms with van der Waals surface area (Å²) in [4.78, 5) is 0. The van der Waals surface area contributed by atoms with E-state index in [1.165, 1.54) is 5.56 Å². The van der Waals surface area contributed by atoms with Gasteiger partial charge in [0.05, 0.1) is 11.2 Å². The van der Waals surface area contributed by atoms with E-state index in [1.807, 2.05) is 23.7 Å². The molecule has 0 radical (unpaired) electrons. The van der Waals surface area contributed by atoms with E-state index in [1.54, 1.807) is 0 Å². The molecule has 0 saturated heterocycles. The van der Waals surface area contributed by atoms with Crippen molar-refractivity contribution in [2.24, 2.45) is 0 Å². The van der Waals surface area contributed by atoms with E-state index in [2.05, 4.69) is 44.9 Å². The second kappa shape index (κ2) is 4.72. The summed E-state index contributed by atoms with van der Waals surface area (Å²) in [5.41, 5.74) is 3.57.